The molecule has 0 aliphatic carbocycles. The molecule has 13 heteroatoms. The molecule has 3 aromatic carbocycles. The van der Waals surface area contributed by atoms with Crippen molar-refractivity contribution in [2.75, 3.05) is 17.8 Å². The van der Waals surface area contributed by atoms with Crippen molar-refractivity contribution in [3.8, 4) is 28.6 Å². The van der Waals surface area contributed by atoms with E-state index in [1.807, 2.05) is 64.1 Å². The van der Waals surface area contributed by atoms with Gasteiger partial charge in [0.2, 0.25) is 11.8 Å². The summed E-state index contributed by atoms with van der Waals surface area (Å²) in [6.45, 7) is 7.97. The molecule has 0 spiro atoms. The number of thioether (sulfide) groups is 1. The number of hydrogen-bond acceptors (Lipinski definition) is 7. The van der Waals surface area contributed by atoms with Crippen molar-refractivity contribution >= 4 is 34.4 Å². The molecule has 0 unspecified atom stereocenters. The average molecular weight is 652 g/mol. The lowest BCUT2D eigenvalue weighted by atomic mass is 9.81. The van der Waals surface area contributed by atoms with E-state index in [-0.39, 0.29) is 35.7 Å². The zero-order valence-corrected chi connectivity index (χ0v) is 26.6. The van der Waals surface area contributed by atoms with Crippen LogP contribution in [0.4, 0.5) is 18.9 Å². The van der Waals surface area contributed by atoms with Gasteiger partial charge in [-0.15, -0.1) is 18.3 Å². The minimum absolute atomic E-state index is 0.106. The third-order valence-electron chi connectivity index (χ3n) is 7.43. The van der Waals surface area contributed by atoms with E-state index in [0.717, 1.165) is 16.7 Å². The van der Waals surface area contributed by atoms with Gasteiger partial charge in [-0.05, 0) is 52.8 Å². The first-order valence-electron chi connectivity index (χ1n) is 14.4. The summed E-state index contributed by atoms with van der Waals surface area (Å²) in [5, 5.41) is 4.79. The Morgan fingerprint density at radius 2 is 1.70 bits per heavy atom. The number of nitrogens with zero attached hydrogens (tertiary/aromatic N) is 5. The van der Waals surface area contributed by atoms with Crippen molar-refractivity contribution < 1.29 is 32.2 Å². The van der Waals surface area contributed by atoms with Crippen molar-refractivity contribution in [3.63, 3.8) is 0 Å². The van der Waals surface area contributed by atoms with Crippen LogP contribution in [0.2, 0.25) is 0 Å². The van der Waals surface area contributed by atoms with Gasteiger partial charge in [0.25, 0.3) is 0 Å². The maximum atomic E-state index is 13.3. The number of halogens is 3. The maximum absolute atomic E-state index is 13.3. The normalized spacial score (nSPS) is 14.8. The second-order valence-corrected chi connectivity index (χ2v) is 12.5. The fourth-order valence-corrected chi connectivity index (χ4v) is 5.91. The Hall–Kier alpha value is -4.65. The highest BCUT2D eigenvalue weighted by molar-refractivity contribution is 8.15. The third kappa shape index (κ3) is 7.41. The molecule has 1 aliphatic rings. The minimum Gasteiger partial charge on any atom is -0.497 e. The lowest BCUT2D eigenvalue weighted by Crippen LogP contribution is -2.31. The summed E-state index contributed by atoms with van der Waals surface area (Å²) in [5.41, 5.74) is 3.16. The zero-order chi connectivity index (χ0) is 33.2. The number of aromatic nitrogens is 3. The van der Waals surface area contributed by atoms with Crippen molar-refractivity contribution in [3.05, 3.63) is 84.2 Å². The molecule has 4 aromatic rings. The number of benzene rings is 3. The molecule has 0 bridgehead atoms. The van der Waals surface area contributed by atoms with Crippen LogP contribution in [-0.2, 0) is 15.0 Å². The molecule has 46 heavy (non-hydrogen) atoms. The number of amides is 2. The van der Waals surface area contributed by atoms with E-state index >= 15 is 0 Å². The molecule has 0 N–H and O–H groups in total. The number of rotatable bonds is 9. The quantitative estimate of drug-likeness (QED) is 0.187. The largest absolute Gasteiger partial charge is 0.573 e. The van der Waals surface area contributed by atoms with Gasteiger partial charge in [-0.25, -0.2) is 9.67 Å². The standard InChI is InChI=1S/C33H32F3N5O4S/c1-20(2)26-15-14-25(44-5)16-27(26)41-29(43)18-46-31(41)38-28(42)17-32(3,4)22-8-6-21(7-9-22)30-37-19-40(39-30)23-10-12-24(13-11-23)45-33(34,35)36/h6-16,19-20H,17-18H2,1-5H3. The predicted octanol–water partition coefficient (Wildman–Crippen LogP) is 7.30. The molecular formula is C33H32F3N5O4S. The van der Waals surface area contributed by atoms with Crippen LogP contribution in [0.15, 0.2) is 78.0 Å². The fourth-order valence-electron chi connectivity index (χ4n) is 5.03. The molecule has 0 saturated carbocycles. The number of amidine groups is 1. The van der Waals surface area contributed by atoms with Gasteiger partial charge in [0.1, 0.15) is 17.8 Å². The number of anilines is 1. The highest BCUT2D eigenvalue weighted by Crippen LogP contribution is 2.37. The predicted molar refractivity (Wildman–Crippen MR) is 171 cm³/mol. The van der Waals surface area contributed by atoms with Gasteiger partial charge in [0.05, 0.1) is 24.2 Å². The van der Waals surface area contributed by atoms with Crippen LogP contribution in [0.3, 0.4) is 0 Å². The summed E-state index contributed by atoms with van der Waals surface area (Å²) in [6.07, 6.45) is -3.20. The first kappa shape index (κ1) is 32.7. The number of carbonyl (C=O) groups is 2. The molecule has 2 heterocycles. The van der Waals surface area contributed by atoms with Crippen LogP contribution in [0.5, 0.6) is 11.5 Å². The van der Waals surface area contributed by atoms with Gasteiger partial charge in [-0.2, -0.15) is 4.99 Å². The van der Waals surface area contributed by atoms with E-state index in [0.29, 0.717) is 28.1 Å². The zero-order valence-electron chi connectivity index (χ0n) is 25.8. The van der Waals surface area contributed by atoms with Crippen LogP contribution in [0, 0.1) is 0 Å². The van der Waals surface area contributed by atoms with E-state index in [9.17, 15) is 22.8 Å². The molecule has 1 fully saturated rings. The Morgan fingerprint density at radius 3 is 2.33 bits per heavy atom. The van der Waals surface area contributed by atoms with Crippen molar-refractivity contribution in [1.29, 1.82) is 0 Å². The number of hydrogen-bond donors (Lipinski definition) is 0. The molecular weight excluding hydrogens is 619 g/mol. The van der Waals surface area contributed by atoms with Crippen LogP contribution in [0.25, 0.3) is 17.1 Å². The third-order valence-corrected chi connectivity index (χ3v) is 8.35. The van der Waals surface area contributed by atoms with Gasteiger partial charge < -0.3 is 9.47 Å². The molecule has 1 aromatic heterocycles. The van der Waals surface area contributed by atoms with E-state index in [4.69, 9.17) is 4.74 Å². The summed E-state index contributed by atoms with van der Waals surface area (Å²) < 4.78 is 48.1. The molecule has 240 valence electrons. The van der Waals surface area contributed by atoms with Crippen LogP contribution >= 0.6 is 11.8 Å². The maximum Gasteiger partial charge on any atom is 0.573 e. The lowest BCUT2D eigenvalue weighted by Gasteiger charge is -2.25. The summed E-state index contributed by atoms with van der Waals surface area (Å²) in [6, 6.07) is 18.4. The number of aliphatic imine (C=N–C) groups is 1. The molecule has 1 aliphatic heterocycles. The Bertz CT molecular complexity index is 1770. The van der Waals surface area contributed by atoms with Crippen molar-refractivity contribution in [2.45, 2.75) is 51.8 Å². The summed E-state index contributed by atoms with van der Waals surface area (Å²) >= 11 is 1.24. The number of methoxy groups -OCH3 is 1. The summed E-state index contributed by atoms with van der Waals surface area (Å²) in [5.74, 6) is 0.522. The highest BCUT2D eigenvalue weighted by atomic mass is 32.2. The monoisotopic (exact) mass is 651 g/mol. The smallest absolute Gasteiger partial charge is 0.497 e. The van der Waals surface area contributed by atoms with Crippen LogP contribution in [0.1, 0.15) is 51.2 Å². The van der Waals surface area contributed by atoms with E-state index in [1.54, 1.807) is 13.2 Å². The van der Waals surface area contributed by atoms with Gasteiger partial charge in [0.15, 0.2) is 11.0 Å². The van der Waals surface area contributed by atoms with Crippen LogP contribution in [-0.4, -0.2) is 51.0 Å². The Kier molecular flexibility index (Phi) is 9.24. The van der Waals surface area contributed by atoms with Gasteiger partial charge in [-0.3, -0.25) is 14.5 Å². The number of carbonyl (C=O) groups excluding carboxylic acids is 2. The van der Waals surface area contributed by atoms with E-state index in [2.05, 4.69) is 19.8 Å². The second kappa shape index (κ2) is 13.0. The van der Waals surface area contributed by atoms with E-state index in [1.165, 1.54) is 51.9 Å². The first-order valence-corrected chi connectivity index (χ1v) is 15.4. The summed E-state index contributed by atoms with van der Waals surface area (Å²) in [4.78, 5) is 36.5. The van der Waals surface area contributed by atoms with Gasteiger partial charge >= 0.3 is 6.36 Å². The Morgan fingerprint density at radius 1 is 1.02 bits per heavy atom. The molecule has 1 saturated heterocycles. The van der Waals surface area contributed by atoms with Gasteiger partial charge in [0, 0.05) is 18.1 Å². The molecule has 2 amide bonds. The number of ether oxygens (including phenoxy) is 2. The fraction of sp³-hybridized carbons (Fsp3) is 0.303. The molecule has 0 radical (unpaired) electrons. The Balaban J connectivity index is 1.29. The highest BCUT2D eigenvalue weighted by Gasteiger charge is 2.34. The topological polar surface area (TPSA) is 98.9 Å². The van der Waals surface area contributed by atoms with E-state index < -0.39 is 11.8 Å². The molecule has 5 rings (SSSR count). The Labute approximate surface area is 268 Å². The summed E-state index contributed by atoms with van der Waals surface area (Å²) in [7, 11) is 1.56. The number of alkyl halides is 3. The first-order chi connectivity index (χ1) is 21.7. The second-order valence-electron chi connectivity index (χ2n) is 11.6. The average Bonchev–Trinajstić information content (AvgIpc) is 3.63. The molecule has 0 atom stereocenters. The van der Waals surface area contributed by atoms with Gasteiger partial charge in [-0.1, -0.05) is 69.8 Å². The van der Waals surface area contributed by atoms with Crippen molar-refractivity contribution in [2.24, 2.45) is 4.99 Å². The SMILES string of the molecule is COc1ccc(C(C)C)c(N2C(=O)CSC2=NC(=O)CC(C)(C)c2ccc(-c3ncn(-c4ccc(OC(F)(F)F)cc4)n3)cc2)c1. The lowest BCUT2D eigenvalue weighted by molar-refractivity contribution is -0.274. The van der Waals surface area contributed by atoms with Crippen LogP contribution < -0.4 is 14.4 Å². The molecule has 9 nitrogen and oxygen atoms in total. The van der Waals surface area contributed by atoms with Crippen molar-refractivity contribution in [1.82, 2.24) is 14.8 Å². The minimum atomic E-state index is -4.77.